The number of nitrogens with one attached hydrogen (secondary N) is 1. The van der Waals surface area contributed by atoms with Gasteiger partial charge in [-0.15, -0.1) is 13.2 Å². The minimum absolute atomic E-state index is 0.0128. The summed E-state index contributed by atoms with van der Waals surface area (Å²) in [6, 6.07) is 8.78. The number of aromatic nitrogens is 2. The highest BCUT2D eigenvalue weighted by Gasteiger charge is 2.35. The largest absolute Gasteiger partial charge is 0.573 e. The van der Waals surface area contributed by atoms with E-state index >= 15 is 0 Å². The van der Waals surface area contributed by atoms with Crippen LogP contribution in [0.5, 0.6) is 11.5 Å². The fourth-order valence-corrected chi connectivity index (χ4v) is 2.34. The van der Waals surface area contributed by atoms with E-state index in [-0.39, 0.29) is 22.4 Å². The monoisotopic (exact) mass is 403 g/mol. The highest BCUT2D eigenvalue weighted by molar-refractivity contribution is 5.91. The van der Waals surface area contributed by atoms with Gasteiger partial charge in [0.1, 0.15) is 17.3 Å². The Labute approximate surface area is 153 Å². The third-order valence-electron chi connectivity index (χ3n) is 3.51. The van der Waals surface area contributed by atoms with Crippen molar-refractivity contribution in [2.45, 2.75) is 12.5 Å². The number of anilines is 2. The lowest BCUT2D eigenvalue weighted by Crippen LogP contribution is -2.17. The zero-order valence-electron chi connectivity index (χ0n) is 14.0. The smallest absolute Gasteiger partial charge is 0.497 e. The molecule has 1 N–H and O–H groups in total. The number of nitrogens with zero attached hydrogens (tertiary/aromatic N) is 2. The molecule has 0 aliphatic carbocycles. The quantitative estimate of drug-likeness (QED) is 0.600. The summed E-state index contributed by atoms with van der Waals surface area (Å²) in [4.78, 5) is 7.02. The van der Waals surface area contributed by atoms with E-state index in [1.807, 2.05) is 0 Å². The van der Waals surface area contributed by atoms with Crippen molar-refractivity contribution < 1.29 is 35.8 Å². The second kappa shape index (κ2) is 7.06. The molecule has 0 atom stereocenters. The third kappa shape index (κ3) is 4.53. The van der Waals surface area contributed by atoms with Gasteiger partial charge >= 0.3 is 12.5 Å². The minimum atomic E-state index is -4.85. The van der Waals surface area contributed by atoms with Crippen molar-refractivity contribution >= 4 is 22.4 Å². The van der Waals surface area contributed by atoms with Gasteiger partial charge in [0.2, 0.25) is 5.82 Å². The first-order chi connectivity index (χ1) is 13.0. The molecule has 0 saturated heterocycles. The highest BCUT2D eigenvalue weighted by atomic mass is 19.4. The van der Waals surface area contributed by atoms with Gasteiger partial charge in [0, 0.05) is 17.1 Å². The summed E-state index contributed by atoms with van der Waals surface area (Å²) >= 11 is 0. The molecular weight excluding hydrogens is 392 g/mol. The van der Waals surface area contributed by atoms with Crippen LogP contribution < -0.4 is 14.8 Å². The van der Waals surface area contributed by atoms with Crippen LogP contribution in [0.15, 0.2) is 42.5 Å². The van der Waals surface area contributed by atoms with Gasteiger partial charge in [-0.05, 0) is 36.4 Å². The second-order valence-electron chi connectivity index (χ2n) is 5.47. The van der Waals surface area contributed by atoms with E-state index < -0.39 is 24.1 Å². The van der Waals surface area contributed by atoms with Crippen molar-refractivity contribution in [3.8, 4) is 11.5 Å². The average Bonchev–Trinajstić information content (AvgIpc) is 2.60. The number of methoxy groups -OCH3 is 1. The fraction of sp³-hybridized carbons (Fsp3) is 0.176. The van der Waals surface area contributed by atoms with Crippen LogP contribution in [-0.2, 0) is 6.18 Å². The van der Waals surface area contributed by atoms with Gasteiger partial charge in [0.15, 0.2) is 0 Å². The molecule has 0 aliphatic heterocycles. The summed E-state index contributed by atoms with van der Waals surface area (Å²) in [5.41, 5.74) is 0.194. The molecule has 0 fully saturated rings. The normalized spacial score (nSPS) is 12.1. The number of ether oxygens (including phenoxy) is 2. The lowest BCUT2D eigenvalue weighted by atomic mass is 10.2. The van der Waals surface area contributed by atoms with Gasteiger partial charge in [-0.2, -0.15) is 13.2 Å². The number of fused-ring (bicyclic) bond motifs is 1. The Bertz CT molecular complexity index is 987. The number of hydrogen-bond donors (Lipinski definition) is 1. The Balaban J connectivity index is 1.99. The van der Waals surface area contributed by atoms with Crippen molar-refractivity contribution in [2.24, 2.45) is 0 Å². The second-order valence-corrected chi connectivity index (χ2v) is 5.47. The summed E-state index contributed by atoms with van der Waals surface area (Å²) < 4.78 is 84.7. The van der Waals surface area contributed by atoms with Gasteiger partial charge in [0.05, 0.1) is 12.6 Å². The first-order valence-corrected chi connectivity index (χ1v) is 7.61. The van der Waals surface area contributed by atoms with E-state index in [0.717, 1.165) is 12.1 Å². The molecule has 1 aromatic heterocycles. The first kappa shape index (κ1) is 19.5. The zero-order valence-corrected chi connectivity index (χ0v) is 14.0. The Hall–Kier alpha value is -3.24. The number of halogens is 6. The molecule has 0 aliphatic rings. The number of alkyl halides is 6. The van der Waals surface area contributed by atoms with Crippen molar-refractivity contribution in [3.63, 3.8) is 0 Å². The molecule has 0 bridgehead atoms. The molecule has 2 aromatic carbocycles. The molecular formula is C17H11F6N3O2. The van der Waals surface area contributed by atoms with Crippen LogP contribution in [0.4, 0.5) is 37.8 Å². The van der Waals surface area contributed by atoms with E-state index in [1.54, 1.807) is 0 Å². The lowest BCUT2D eigenvalue weighted by molar-refractivity contribution is -0.274. The summed E-state index contributed by atoms with van der Waals surface area (Å²) in [5.74, 6) is -1.69. The van der Waals surface area contributed by atoms with Crippen LogP contribution in [0.25, 0.3) is 10.9 Å². The van der Waals surface area contributed by atoms with E-state index in [4.69, 9.17) is 4.74 Å². The van der Waals surface area contributed by atoms with Gasteiger partial charge in [-0.1, -0.05) is 0 Å². The first-order valence-electron chi connectivity index (χ1n) is 7.61. The summed E-state index contributed by atoms with van der Waals surface area (Å²) in [7, 11) is 1.36. The highest BCUT2D eigenvalue weighted by Crippen LogP contribution is 2.33. The van der Waals surface area contributed by atoms with Crippen LogP contribution in [-0.4, -0.2) is 23.4 Å². The minimum Gasteiger partial charge on any atom is -0.497 e. The van der Waals surface area contributed by atoms with Gasteiger partial charge in [-0.3, -0.25) is 0 Å². The molecule has 3 rings (SSSR count). The summed E-state index contributed by atoms with van der Waals surface area (Å²) in [6.07, 6.45) is -9.64. The molecule has 5 nitrogen and oxygen atoms in total. The van der Waals surface area contributed by atoms with Crippen molar-refractivity contribution in [1.82, 2.24) is 9.97 Å². The average molecular weight is 403 g/mol. The third-order valence-corrected chi connectivity index (χ3v) is 3.51. The lowest BCUT2D eigenvalue weighted by Gasteiger charge is -2.14. The summed E-state index contributed by atoms with van der Waals surface area (Å²) in [5, 5.41) is 2.93. The van der Waals surface area contributed by atoms with E-state index in [1.165, 1.54) is 37.4 Å². The molecule has 0 radical (unpaired) electrons. The maximum atomic E-state index is 13.1. The van der Waals surface area contributed by atoms with E-state index in [0.29, 0.717) is 5.75 Å². The van der Waals surface area contributed by atoms with Crippen molar-refractivity contribution in [1.29, 1.82) is 0 Å². The van der Waals surface area contributed by atoms with Crippen molar-refractivity contribution in [2.75, 3.05) is 12.4 Å². The van der Waals surface area contributed by atoms with Gasteiger partial charge in [0.25, 0.3) is 0 Å². The Kier molecular flexibility index (Phi) is 4.92. The molecule has 0 amide bonds. The van der Waals surface area contributed by atoms with Crippen LogP contribution in [0.2, 0.25) is 0 Å². The SMILES string of the molecule is COc1ccc2c(Nc3ccc(OC(F)(F)F)cc3)nc(C(F)(F)F)nc2c1. The molecule has 3 aromatic rings. The molecule has 148 valence electrons. The Morgan fingerprint density at radius 2 is 1.50 bits per heavy atom. The maximum Gasteiger partial charge on any atom is 0.573 e. The predicted octanol–water partition coefficient (Wildman–Crippen LogP) is 5.30. The summed E-state index contributed by atoms with van der Waals surface area (Å²) in [6.45, 7) is 0. The van der Waals surface area contributed by atoms with Gasteiger partial charge in [-0.25, -0.2) is 9.97 Å². The maximum absolute atomic E-state index is 13.1. The standard InChI is InChI=1S/C17H11F6N3O2/c1-27-11-6-7-12-13(8-11)25-15(16(18,19)20)26-14(12)24-9-2-4-10(5-3-9)28-17(21,22)23/h2-8H,1H3,(H,24,25,26). The predicted molar refractivity (Wildman–Crippen MR) is 87.5 cm³/mol. The van der Waals surface area contributed by atoms with Crippen LogP contribution >= 0.6 is 0 Å². The topological polar surface area (TPSA) is 56.3 Å². The molecule has 1 heterocycles. The molecule has 0 spiro atoms. The van der Waals surface area contributed by atoms with E-state index in [9.17, 15) is 26.3 Å². The molecule has 11 heteroatoms. The Morgan fingerprint density at radius 1 is 0.857 bits per heavy atom. The van der Waals surface area contributed by atoms with Crippen LogP contribution in [0.3, 0.4) is 0 Å². The van der Waals surface area contributed by atoms with Crippen LogP contribution in [0.1, 0.15) is 5.82 Å². The Morgan fingerprint density at radius 3 is 2.07 bits per heavy atom. The van der Waals surface area contributed by atoms with Crippen LogP contribution in [0, 0.1) is 0 Å². The van der Waals surface area contributed by atoms with Crippen molar-refractivity contribution in [3.05, 3.63) is 48.3 Å². The molecule has 0 unspecified atom stereocenters. The molecule has 0 saturated carbocycles. The molecule has 28 heavy (non-hydrogen) atoms. The zero-order chi connectivity index (χ0) is 20.5. The van der Waals surface area contributed by atoms with E-state index in [2.05, 4.69) is 20.0 Å². The van der Waals surface area contributed by atoms with Gasteiger partial charge < -0.3 is 14.8 Å². The fourth-order valence-electron chi connectivity index (χ4n) is 2.34. The number of benzene rings is 2. The number of hydrogen-bond acceptors (Lipinski definition) is 5. The number of rotatable bonds is 4.